The van der Waals surface area contributed by atoms with Crippen molar-refractivity contribution in [2.45, 2.75) is 39.7 Å². The molecule has 0 saturated heterocycles. The lowest BCUT2D eigenvalue weighted by molar-refractivity contribution is 0.165. The van der Waals surface area contributed by atoms with E-state index in [1.807, 2.05) is 20.8 Å². The Labute approximate surface area is 78.9 Å². The highest BCUT2D eigenvalue weighted by Gasteiger charge is 2.10. The van der Waals surface area contributed by atoms with Crippen LogP contribution in [0.5, 0.6) is 0 Å². The van der Waals surface area contributed by atoms with Gasteiger partial charge in [-0.1, -0.05) is 13.3 Å². The molecule has 0 aliphatic carbocycles. The minimum atomic E-state index is -0.411. The standard InChI is InChI=1S/C10H16N2O/c1-4-5-10(13)9-6-11-8(3)12-7(9)2/h6,10,13H,4-5H2,1-3H3. The minimum Gasteiger partial charge on any atom is -0.388 e. The van der Waals surface area contributed by atoms with Crippen LogP contribution in [0.4, 0.5) is 0 Å². The normalized spacial score (nSPS) is 12.9. The molecule has 1 heterocycles. The third kappa shape index (κ3) is 2.49. The lowest BCUT2D eigenvalue weighted by Crippen LogP contribution is -2.03. The Morgan fingerprint density at radius 3 is 2.69 bits per heavy atom. The lowest BCUT2D eigenvalue weighted by atomic mass is 10.1. The number of hydrogen-bond donors (Lipinski definition) is 1. The van der Waals surface area contributed by atoms with Crippen molar-refractivity contribution < 1.29 is 5.11 Å². The molecule has 1 rings (SSSR count). The van der Waals surface area contributed by atoms with Crippen LogP contribution in [0.2, 0.25) is 0 Å². The number of aryl methyl sites for hydroxylation is 2. The Kier molecular flexibility index (Phi) is 3.37. The fourth-order valence-corrected chi connectivity index (χ4v) is 1.35. The molecular formula is C10H16N2O. The summed E-state index contributed by atoms with van der Waals surface area (Å²) in [6, 6.07) is 0. The highest BCUT2D eigenvalue weighted by molar-refractivity contribution is 5.18. The molecule has 72 valence electrons. The Morgan fingerprint density at radius 2 is 2.15 bits per heavy atom. The molecule has 1 N–H and O–H groups in total. The maximum atomic E-state index is 9.71. The summed E-state index contributed by atoms with van der Waals surface area (Å²) in [6.07, 6.45) is 3.05. The van der Waals surface area contributed by atoms with Crippen LogP contribution in [-0.2, 0) is 0 Å². The van der Waals surface area contributed by atoms with E-state index in [2.05, 4.69) is 9.97 Å². The Balaban J connectivity index is 2.88. The molecule has 0 aliphatic heterocycles. The van der Waals surface area contributed by atoms with Gasteiger partial charge in [-0.05, 0) is 20.3 Å². The van der Waals surface area contributed by atoms with E-state index in [0.717, 1.165) is 29.9 Å². The summed E-state index contributed by atoms with van der Waals surface area (Å²) in [4.78, 5) is 8.28. The molecular weight excluding hydrogens is 164 g/mol. The van der Waals surface area contributed by atoms with Gasteiger partial charge in [0.2, 0.25) is 0 Å². The van der Waals surface area contributed by atoms with Crippen molar-refractivity contribution in [2.75, 3.05) is 0 Å². The average molecular weight is 180 g/mol. The molecule has 1 atom stereocenters. The van der Waals surface area contributed by atoms with E-state index in [1.54, 1.807) is 6.20 Å². The number of aromatic nitrogens is 2. The van der Waals surface area contributed by atoms with Gasteiger partial charge in [0, 0.05) is 17.5 Å². The first-order valence-electron chi connectivity index (χ1n) is 4.63. The van der Waals surface area contributed by atoms with Crippen LogP contribution in [0.1, 0.15) is 43.0 Å². The van der Waals surface area contributed by atoms with Crippen molar-refractivity contribution in [1.29, 1.82) is 0 Å². The van der Waals surface area contributed by atoms with Crippen LogP contribution in [0.15, 0.2) is 6.20 Å². The molecule has 0 radical (unpaired) electrons. The fraction of sp³-hybridized carbons (Fsp3) is 0.600. The molecule has 0 aromatic carbocycles. The predicted octanol–water partition coefficient (Wildman–Crippen LogP) is 1.93. The smallest absolute Gasteiger partial charge is 0.125 e. The highest BCUT2D eigenvalue weighted by Crippen LogP contribution is 2.19. The van der Waals surface area contributed by atoms with Gasteiger partial charge in [-0.2, -0.15) is 0 Å². The number of rotatable bonds is 3. The van der Waals surface area contributed by atoms with Crippen molar-refractivity contribution in [3.8, 4) is 0 Å². The Hall–Kier alpha value is -0.960. The SMILES string of the molecule is CCCC(O)c1cnc(C)nc1C. The molecule has 1 aromatic rings. The van der Waals surface area contributed by atoms with Gasteiger partial charge in [-0.25, -0.2) is 9.97 Å². The first-order chi connectivity index (χ1) is 6.15. The zero-order chi connectivity index (χ0) is 9.84. The topological polar surface area (TPSA) is 46.0 Å². The van der Waals surface area contributed by atoms with Crippen LogP contribution < -0.4 is 0 Å². The maximum absolute atomic E-state index is 9.71. The average Bonchev–Trinajstić information content (AvgIpc) is 2.04. The van der Waals surface area contributed by atoms with Crippen LogP contribution in [0.25, 0.3) is 0 Å². The number of nitrogens with zero attached hydrogens (tertiary/aromatic N) is 2. The van der Waals surface area contributed by atoms with Gasteiger partial charge in [-0.15, -0.1) is 0 Å². The van der Waals surface area contributed by atoms with E-state index in [0.29, 0.717) is 0 Å². The van der Waals surface area contributed by atoms with Gasteiger partial charge in [-0.3, -0.25) is 0 Å². The largest absolute Gasteiger partial charge is 0.388 e. The van der Waals surface area contributed by atoms with E-state index in [4.69, 9.17) is 0 Å². The van der Waals surface area contributed by atoms with Gasteiger partial charge in [0.15, 0.2) is 0 Å². The second-order valence-corrected chi connectivity index (χ2v) is 3.26. The number of aliphatic hydroxyl groups excluding tert-OH is 1. The minimum absolute atomic E-state index is 0.411. The second-order valence-electron chi connectivity index (χ2n) is 3.26. The fourth-order valence-electron chi connectivity index (χ4n) is 1.35. The first-order valence-corrected chi connectivity index (χ1v) is 4.63. The molecule has 13 heavy (non-hydrogen) atoms. The van der Waals surface area contributed by atoms with E-state index in [-0.39, 0.29) is 0 Å². The zero-order valence-electron chi connectivity index (χ0n) is 8.41. The van der Waals surface area contributed by atoms with Crippen LogP contribution in [0, 0.1) is 13.8 Å². The summed E-state index contributed by atoms with van der Waals surface area (Å²) in [5, 5.41) is 9.71. The summed E-state index contributed by atoms with van der Waals surface area (Å²) in [7, 11) is 0. The molecule has 3 nitrogen and oxygen atoms in total. The Morgan fingerprint density at radius 1 is 1.46 bits per heavy atom. The molecule has 3 heteroatoms. The summed E-state index contributed by atoms with van der Waals surface area (Å²) in [5.74, 6) is 0.755. The van der Waals surface area contributed by atoms with Crippen molar-refractivity contribution in [1.82, 2.24) is 9.97 Å². The van der Waals surface area contributed by atoms with Gasteiger partial charge in [0.1, 0.15) is 5.82 Å². The van der Waals surface area contributed by atoms with E-state index in [9.17, 15) is 5.11 Å². The summed E-state index contributed by atoms with van der Waals surface area (Å²) in [6.45, 7) is 5.81. The van der Waals surface area contributed by atoms with Crippen LogP contribution in [-0.4, -0.2) is 15.1 Å². The lowest BCUT2D eigenvalue weighted by Gasteiger charge is -2.11. The summed E-state index contributed by atoms with van der Waals surface area (Å²) in [5.41, 5.74) is 1.74. The third-order valence-electron chi connectivity index (χ3n) is 2.06. The van der Waals surface area contributed by atoms with Crippen molar-refractivity contribution in [3.63, 3.8) is 0 Å². The maximum Gasteiger partial charge on any atom is 0.125 e. The molecule has 0 spiro atoms. The van der Waals surface area contributed by atoms with E-state index >= 15 is 0 Å². The van der Waals surface area contributed by atoms with Crippen LogP contribution >= 0.6 is 0 Å². The number of hydrogen-bond acceptors (Lipinski definition) is 3. The molecule has 1 unspecified atom stereocenters. The van der Waals surface area contributed by atoms with Gasteiger partial charge in [0.25, 0.3) is 0 Å². The second kappa shape index (κ2) is 4.33. The highest BCUT2D eigenvalue weighted by atomic mass is 16.3. The Bertz CT molecular complexity index is 286. The van der Waals surface area contributed by atoms with E-state index < -0.39 is 6.10 Å². The van der Waals surface area contributed by atoms with Gasteiger partial charge >= 0.3 is 0 Å². The number of aliphatic hydroxyl groups is 1. The van der Waals surface area contributed by atoms with Gasteiger partial charge < -0.3 is 5.11 Å². The molecule has 0 amide bonds. The summed E-state index contributed by atoms with van der Waals surface area (Å²) >= 11 is 0. The van der Waals surface area contributed by atoms with Crippen molar-refractivity contribution in [3.05, 3.63) is 23.3 Å². The molecule has 0 saturated carbocycles. The third-order valence-corrected chi connectivity index (χ3v) is 2.06. The van der Waals surface area contributed by atoms with Crippen molar-refractivity contribution in [2.24, 2.45) is 0 Å². The molecule has 0 bridgehead atoms. The van der Waals surface area contributed by atoms with Crippen LogP contribution in [0.3, 0.4) is 0 Å². The quantitative estimate of drug-likeness (QED) is 0.773. The molecule has 0 aliphatic rings. The monoisotopic (exact) mass is 180 g/mol. The summed E-state index contributed by atoms with van der Waals surface area (Å²) < 4.78 is 0. The molecule has 1 aromatic heterocycles. The van der Waals surface area contributed by atoms with Crippen molar-refractivity contribution >= 4 is 0 Å². The first kappa shape index (κ1) is 10.1. The zero-order valence-corrected chi connectivity index (χ0v) is 8.41. The van der Waals surface area contributed by atoms with E-state index in [1.165, 1.54) is 0 Å². The molecule has 0 fully saturated rings. The predicted molar refractivity (Wildman–Crippen MR) is 51.4 cm³/mol. The van der Waals surface area contributed by atoms with Gasteiger partial charge in [0.05, 0.1) is 6.10 Å².